The van der Waals surface area contributed by atoms with E-state index < -0.39 is 17.7 Å². The molecule has 0 heterocycles. The van der Waals surface area contributed by atoms with E-state index in [4.69, 9.17) is 10.00 Å². The van der Waals surface area contributed by atoms with Gasteiger partial charge in [-0.15, -0.1) is 0 Å². The molecule has 0 saturated carbocycles. The van der Waals surface area contributed by atoms with Gasteiger partial charge in [0.2, 0.25) is 0 Å². The quantitative estimate of drug-likeness (QED) is 0.810. The Morgan fingerprint density at radius 1 is 1.29 bits per heavy atom. The van der Waals surface area contributed by atoms with Crippen molar-refractivity contribution in [3.63, 3.8) is 0 Å². The minimum atomic E-state index is -0.731. The molecule has 1 unspecified atom stereocenters. The molecule has 1 atom stereocenters. The van der Waals surface area contributed by atoms with Crippen molar-refractivity contribution in [1.29, 1.82) is 5.26 Å². The summed E-state index contributed by atoms with van der Waals surface area (Å²) in [6.45, 7) is 0. The Bertz CT molecular complexity index is 691. The Morgan fingerprint density at radius 2 is 2.05 bits per heavy atom. The van der Waals surface area contributed by atoms with Crippen molar-refractivity contribution in [2.45, 2.75) is 12.3 Å². The molecular weight excluding hydrogens is 269 g/mol. The van der Waals surface area contributed by atoms with Crippen LogP contribution in [0.25, 0.3) is 0 Å². The molecular formula is C17H14FNO2. The molecule has 0 fully saturated rings. The highest BCUT2D eigenvalue weighted by Crippen LogP contribution is 2.25. The number of benzene rings is 2. The second kappa shape index (κ2) is 6.67. The molecule has 3 nitrogen and oxygen atoms in total. The highest BCUT2D eigenvalue weighted by molar-refractivity contribution is 5.78. The van der Waals surface area contributed by atoms with Gasteiger partial charge in [-0.05, 0) is 30.2 Å². The van der Waals surface area contributed by atoms with E-state index in [0.717, 1.165) is 5.56 Å². The van der Waals surface area contributed by atoms with Crippen LogP contribution in [0.3, 0.4) is 0 Å². The molecule has 0 saturated heterocycles. The van der Waals surface area contributed by atoms with Crippen molar-refractivity contribution in [3.8, 4) is 6.07 Å². The summed E-state index contributed by atoms with van der Waals surface area (Å²) in [5.41, 5.74) is 1.59. The third kappa shape index (κ3) is 3.46. The summed E-state index contributed by atoms with van der Waals surface area (Å²) in [5.74, 6) is -1.67. The largest absolute Gasteiger partial charge is 0.469 e. The number of nitrogens with zero attached hydrogens (tertiary/aromatic N) is 1. The molecule has 2 rings (SSSR count). The maximum Gasteiger partial charge on any atom is 0.313 e. The minimum Gasteiger partial charge on any atom is -0.469 e. The lowest BCUT2D eigenvalue weighted by molar-refractivity contribution is -0.142. The van der Waals surface area contributed by atoms with Gasteiger partial charge in [0, 0.05) is 5.56 Å². The lowest BCUT2D eigenvalue weighted by Crippen LogP contribution is -2.18. The zero-order valence-electron chi connectivity index (χ0n) is 11.5. The topological polar surface area (TPSA) is 50.1 Å². The van der Waals surface area contributed by atoms with Crippen molar-refractivity contribution in [2.75, 3.05) is 7.11 Å². The first-order valence-corrected chi connectivity index (χ1v) is 6.47. The molecule has 0 amide bonds. The molecule has 2 aromatic rings. The van der Waals surface area contributed by atoms with Crippen LogP contribution < -0.4 is 0 Å². The van der Waals surface area contributed by atoms with Gasteiger partial charge in [0.15, 0.2) is 0 Å². The lowest BCUT2D eigenvalue weighted by Gasteiger charge is -2.16. The van der Waals surface area contributed by atoms with Gasteiger partial charge in [-0.2, -0.15) is 5.26 Å². The first-order valence-electron chi connectivity index (χ1n) is 6.47. The molecule has 0 aliphatic heterocycles. The van der Waals surface area contributed by atoms with Gasteiger partial charge >= 0.3 is 5.97 Å². The molecule has 0 bridgehead atoms. The summed E-state index contributed by atoms with van der Waals surface area (Å²) in [6, 6.07) is 15.1. The monoisotopic (exact) mass is 283 g/mol. The van der Waals surface area contributed by atoms with E-state index in [0.29, 0.717) is 11.1 Å². The van der Waals surface area contributed by atoms with Crippen LogP contribution in [0.5, 0.6) is 0 Å². The molecule has 21 heavy (non-hydrogen) atoms. The average Bonchev–Trinajstić information content (AvgIpc) is 2.53. The van der Waals surface area contributed by atoms with E-state index in [9.17, 15) is 9.18 Å². The van der Waals surface area contributed by atoms with Gasteiger partial charge < -0.3 is 4.74 Å². The first kappa shape index (κ1) is 14.7. The molecule has 0 spiro atoms. The number of halogens is 1. The summed E-state index contributed by atoms with van der Waals surface area (Å²) in [5, 5.41) is 8.91. The summed E-state index contributed by atoms with van der Waals surface area (Å²) in [6.07, 6.45) is 0.281. The molecule has 0 aromatic heterocycles. The van der Waals surface area contributed by atoms with E-state index >= 15 is 0 Å². The number of rotatable bonds is 4. The number of carbonyl (C=O) groups excluding carboxylic acids is 1. The number of hydrogen-bond donors (Lipinski definition) is 0. The Balaban J connectivity index is 2.36. The van der Waals surface area contributed by atoms with Crippen LogP contribution in [0.4, 0.5) is 4.39 Å². The van der Waals surface area contributed by atoms with E-state index in [1.165, 1.54) is 13.2 Å². The van der Waals surface area contributed by atoms with Crippen LogP contribution in [-0.2, 0) is 16.0 Å². The van der Waals surface area contributed by atoms with Crippen LogP contribution in [0.1, 0.15) is 22.6 Å². The number of methoxy groups -OCH3 is 1. The SMILES string of the molecule is COC(=O)C(Cc1cccc(C#N)c1)c1ccccc1F. The van der Waals surface area contributed by atoms with Gasteiger partial charge in [-0.1, -0.05) is 30.3 Å². The Morgan fingerprint density at radius 3 is 2.71 bits per heavy atom. The number of hydrogen-bond acceptors (Lipinski definition) is 3. The Kier molecular flexibility index (Phi) is 4.68. The van der Waals surface area contributed by atoms with E-state index in [1.54, 1.807) is 42.5 Å². The molecule has 0 N–H and O–H groups in total. The van der Waals surface area contributed by atoms with Gasteiger partial charge in [0.1, 0.15) is 5.82 Å². The van der Waals surface area contributed by atoms with Crippen LogP contribution >= 0.6 is 0 Å². The maximum atomic E-state index is 13.9. The van der Waals surface area contributed by atoms with Gasteiger partial charge in [0.25, 0.3) is 0 Å². The number of ether oxygens (including phenoxy) is 1. The Hall–Kier alpha value is -2.67. The predicted molar refractivity (Wildman–Crippen MR) is 76.0 cm³/mol. The van der Waals surface area contributed by atoms with Gasteiger partial charge in [-0.3, -0.25) is 4.79 Å². The van der Waals surface area contributed by atoms with E-state index in [-0.39, 0.29) is 6.42 Å². The molecule has 4 heteroatoms. The van der Waals surface area contributed by atoms with Crippen molar-refractivity contribution < 1.29 is 13.9 Å². The fourth-order valence-electron chi connectivity index (χ4n) is 2.22. The third-order valence-corrected chi connectivity index (χ3v) is 3.26. The van der Waals surface area contributed by atoms with Gasteiger partial charge in [0.05, 0.1) is 24.7 Å². The van der Waals surface area contributed by atoms with Gasteiger partial charge in [-0.25, -0.2) is 4.39 Å². The van der Waals surface area contributed by atoms with Crippen LogP contribution in [0.15, 0.2) is 48.5 Å². The second-order valence-corrected chi connectivity index (χ2v) is 4.61. The van der Waals surface area contributed by atoms with Crippen LogP contribution in [0, 0.1) is 17.1 Å². The number of nitriles is 1. The third-order valence-electron chi connectivity index (χ3n) is 3.26. The summed E-state index contributed by atoms with van der Waals surface area (Å²) >= 11 is 0. The zero-order valence-corrected chi connectivity index (χ0v) is 11.5. The second-order valence-electron chi connectivity index (χ2n) is 4.61. The standard InChI is InChI=1S/C17H14FNO2/c1-21-17(20)15(14-7-2-3-8-16(14)18)10-12-5-4-6-13(9-12)11-19/h2-9,15H,10H2,1H3. The molecule has 106 valence electrons. The van der Waals surface area contributed by atoms with Crippen LogP contribution in [0.2, 0.25) is 0 Å². The van der Waals surface area contributed by atoms with E-state index in [2.05, 4.69) is 0 Å². The molecule has 2 aromatic carbocycles. The minimum absolute atomic E-state index is 0.281. The fraction of sp³-hybridized carbons (Fsp3) is 0.176. The Labute approximate surface area is 122 Å². The van der Waals surface area contributed by atoms with Crippen molar-refractivity contribution in [3.05, 3.63) is 71.0 Å². The normalized spacial score (nSPS) is 11.5. The number of carbonyl (C=O) groups is 1. The average molecular weight is 283 g/mol. The smallest absolute Gasteiger partial charge is 0.313 e. The number of esters is 1. The molecule has 0 radical (unpaired) electrons. The van der Waals surface area contributed by atoms with Crippen molar-refractivity contribution in [2.24, 2.45) is 0 Å². The summed E-state index contributed by atoms with van der Waals surface area (Å²) in [7, 11) is 1.28. The summed E-state index contributed by atoms with van der Waals surface area (Å²) < 4.78 is 18.7. The zero-order chi connectivity index (χ0) is 15.2. The lowest BCUT2D eigenvalue weighted by atomic mass is 9.91. The van der Waals surface area contributed by atoms with Crippen molar-refractivity contribution >= 4 is 5.97 Å². The highest BCUT2D eigenvalue weighted by Gasteiger charge is 2.24. The fourth-order valence-corrected chi connectivity index (χ4v) is 2.22. The maximum absolute atomic E-state index is 13.9. The molecule has 0 aliphatic carbocycles. The molecule has 0 aliphatic rings. The van der Waals surface area contributed by atoms with Crippen molar-refractivity contribution in [1.82, 2.24) is 0 Å². The predicted octanol–water partition coefficient (Wildman–Crippen LogP) is 3.20. The first-order chi connectivity index (χ1) is 10.2. The van der Waals surface area contributed by atoms with Crippen LogP contribution in [-0.4, -0.2) is 13.1 Å². The highest BCUT2D eigenvalue weighted by atomic mass is 19.1. The summed E-state index contributed by atoms with van der Waals surface area (Å²) in [4.78, 5) is 12.0. The van der Waals surface area contributed by atoms with E-state index in [1.807, 2.05) is 6.07 Å².